The molecule has 8 heteroatoms. The lowest BCUT2D eigenvalue weighted by molar-refractivity contribution is 0.0246. The van der Waals surface area contributed by atoms with Crippen LogP contribution in [-0.4, -0.2) is 40.8 Å². The number of hydrogen-bond acceptors (Lipinski definition) is 5. The van der Waals surface area contributed by atoms with E-state index in [1.807, 2.05) is 19.9 Å². The van der Waals surface area contributed by atoms with Crippen LogP contribution in [0.15, 0.2) is 12.3 Å². The lowest BCUT2D eigenvalue weighted by Crippen LogP contribution is -2.34. The van der Waals surface area contributed by atoms with Crippen LogP contribution >= 0.6 is 11.6 Å². The molecule has 1 aliphatic rings. The van der Waals surface area contributed by atoms with Gasteiger partial charge in [-0.3, -0.25) is 14.9 Å². The fourth-order valence-electron chi connectivity index (χ4n) is 2.84. The molecule has 0 saturated carbocycles. The van der Waals surface area contributed by atoms with E-state index in [0.29, 0.717) is 23.0 Å². The molecule has 3 N–H and O–H groups in total. The number of aromatic amines is 1. The van der Waals surface area contributed by atoms with E-state index in [9.17, 15) is 4.79 Å². The average molecular weight is 364 g/mol. The van der Waals surface area contributed by atoms with E-state index in [2.05, 4.69) is 25.8 Å². The van der Waals surface area contributed by atoms with Crippen LogP contribution in [0.3, 0.4) is 0 Å². The van der Waals surface area contributed by atoms with Crippen LogP contribution in [0.2, 0.25) is 5.02 Å². The summed E-state index contributed by atoms with van der Waals surface area (Å²) in [7, 11) is 0. The number of rotatable bonds is 5. The number of pyridine rings is 1. The van der Waals surface area contributed by atoms with Crippen LogP contribution in [0.25, 0.3) is 0 Å². The maximum absolute atomic E-state index is 12.4. The third-order valence-electron chi connectivity index (χ3n) is 4.10. The molecule has 1 fully saturated rings. The van der Waals surface area contributed by atoms with E-state index in [1.54, 1.807) is 6.20 Å². The van der Waals surface area contributed by atoms with Crippen LogP contribution in [0, 0.1) is 6.92 Å². The van der Waals surface area contributed by atoms with Crippen LogP contribution in [0.5, 0.6) is 0 Å². The summed E-state index contributed by atoms with van der Waals surface area (Å²) in [5.74, 6) is -0.329. The first kappa shape index (κ1) is 17.8. The summed E-state index contributed by atoms with van der Waals surface area (Å²) >= 11 is 6.23. The molecule has 0 aliphatic carbocycles. The molecule has 0 radical (unpaired) electrons. The van der Waals surface area contributed by atoms with Crippen molar-refractivity contribution in [3.05, 3.63) is 39.9 Å². The Morgan fingerprint density at radius 1 is 1.52 bits per heavy atom. The molecule has 0 spiro atoms. The zero-order valence-electron chi connectivity index (χ0n) is 14.4. The number of nitrogens with one attached hydrogen (secondary N) is 3. The summed E-state index contributed by atoms with van der Waals surface area (Å²) in [6.45, 7) is 6.26. The molecule has 2 aromatic rings. The highest BCUT2D eigenvalue weighted by molar-refractivity contribution is 6.34. The number of carbonyl (C=O) groups is 1. The van der Waals surface area contributed by atoms with Crippen molar-refractivity contribution >= 4 is 23.2 Å². The Kier molecular flexibility index (Phi) is 5.67. The van der Waals surface area contributed by atoms with Gasteiger partial charge >= 0.3 is 0 Å². The largest absolute Gasteiger partial charge is 0.369 e. The molecule has 2 aromatic heterocycles. The summed E-state index contributed by atoms with van der Waals surface area (Å²) in [4.78, 5) is 16.9. The number of H-pyrrole nitrogens is 1. The Labute approximate surface area is 151 Å². The second kappa shape index (κ2) is 7.95. The maximum atomic E-state index is 12.4. The number of morpholine rings is 1. The first-order valence-electron chi connectivity index (χ1n) is 8.43. The van der Waals surface area contributed by atoms with E-state index in [1.165, 1.54) is 0 Å². The second-order valence-electron chi connectivity index (χ2n) is 6.05. The molecular weight excluding hydrogens is 342 g/mol. The second-order valence-corrected chi connectivity index (χ2v) is 6.43. The van der Waals surface area contributed by atoms with Gasteiger partial charge in [-0.1, -0.05) is 24.9 Å². The molecule has 1 aliphatic heterocycles. The SMILES string of the molecule is CCCc1n[nH]c(C(=O)Nc2cnc(C3CNCCO3)c(C)c2)c1Cl. The highest BCUT2D eigenvalue weighted by atomic mass is 35.5. The van der Waals surface area contributed by atoms with Gasteiger partial charge in [0.2, 0.25) is 0 Å². The predicted octanol–water partition coefficient (Wildman–Crippen LogP) is 2.63. The summed E-state index contributed by atoms with van der Waals surface area (Å²) in [5.41, 5.74) is 3.44. The molecule has 3 heterocycles. The van der Waals surface area contributed by atoms with Crippen LogP contribution in [0.4, 0.5) is 5.69 Å². The normalized spacial score (nSPS) is 17.5. The molecule has 7 nitrogen and oxygen atoms in total. The highest BCUT2D eigenvalue weighted by Gasteiger charge is 2.21. The first-order valence-corrected chi connectivity index (χ1v) is 8.81. The number of ether oxygens (including phenoxy) is 1. The molecule has 1 amide bonds. The van der Waals surface area contributed by atoms with Crippen molar-refractivity contribution in [1.82, 2.24) is 20.5 Å². The fourth-order valence-corrected chi connectivity index (χ4v) is 3.11. The topological polar surface area (TPSA) is 91.9 Å². The Balaban J connectivity index is 1.72. The van der Waals surface area contributed by atoms with Crippen molar-refractivity contribution < 1.29 is 9.53 Å². The molecule has 3 rings (SSSR count). The van der Waals surface area contributed by atoms with Crippen LogP contribution in [0.1, 0.15) is 46.9 Å². The van der Waals surface area contributed by atoms with Crippen molar-refractivity contribution in [2.24, 2.45) is 0 Å². The molecule has 1 unspecified atom stereocenters. The summed E-state index contributed by atoms with van der Waals surface area (Å²) in [6, 6.07) is 1.88. The molecule has 1 saturated heterocycles. The third kappa shape index (κ3) is 4.00. The monoisotopic (exact) mass is 363 g/mol. The van der Waals surface area contributed by atoms with Crippen LogP contribution < -0.4 is 10.6 Å². The molecule has 25 heavy (non-hydrogen) atoms. The van der Waals surface area contributed by atoms with Gasteiger partial charge in [-0.05, 0) is 25.0 Å². The number of aromatic nitrogens is 3. The lowest BCUT2D eigenvalue weighted by Gasteiger charge is -2.24. The van der Waals surface area contributed by atoms with E-state index >= 15 is 0 Å². The summed E-state index contributed by atoms with van der Waals surface area (Å²) in [5, 5.41) is 13.3. The van der Waals surface area contributed by atoms with Gasteiger partial charge in [-0.15, -0.1) is 0 Å². The predicted molar refractivity (Wildman–Crippen MR) is 96.1 cm³/mol. The number of nitrogens with zero attached hydrogens (tertiary/aromatic N) is 2. The number of halogens is 1. The van der Waals surface area contributed by atoms with Gasteiger partial charge in [0.05, 0.1) is 34.9 Å². The smallest absolute Gasteiger partial charge is 0.275 e. The standard InChI is InChI=1S/C17H22ClN5O2/c1-3-4-12-14(18)16(23-22-12)17(24)21-11-7-10(2)15(20-8-11)13-9-19-5-6-25-13/h7-8,13,19H,3-6,9H2,1-2H3,(H,21,24)(H,22,23). The van der Waals surface area contributed by atoms with Crippen molar-refractivity contribution in [2.45, 2.75) is 32.8 Å². The van der Waals surface area contributed by atoms with E-state index in [-0.39, 0.29) is 17.7 Å². The number of aryl methyl sites for hydroxylation is 2. The van der Waals surface area contributed by atoms with Gasteiger partial charge in [0.25, 0.3) is 5.91 Å². The van der Waals surface area contributed by atoms with E-state index in [0.717, 1.165) is 37.2 Å². The molecule has 0 bridgehead atoms. The van der Waals surface area contributed by atoms with E-state index in [4.69, 9.17) is 16.3 Å². The zero-order chi connectivity index (χ0) is 17.8. The number of hydrogen-bond donors (Lipinski definition) is 3. The quantitative estimate of drug-likeness (QED) is 0.759. The van der Waals surface area contributed by atoms with Gasteiger partial charge in [0.15, 0.2) is 0 Å². The maximum Gasteiger partial charge on any atom is 0.275 e. The number of amides is 1. The lowest BCUT2D eigenvalue weighted by atomic mass is 10.1. The molecular formula is C17H22ClN5O2. The summed E-state index contributed by atoms with van der Waals surface area (Å²) in [6.07, 6.45) is 3.22. The Hall–Kier alpha value is -1.96. The van der Waals surface area contributed by atoms with Crippen molar-refractivity contribution in [3.63, 3.8) is 0 Å². The third-order valence-corrected chi connectivity index (χ3v) is 4.51. The Morgan fingerprint density at radius 2 is 2.36 bits per heavy atom. The van der Waals surface area contributed by atoms with Gasteiger partial charge in [-0.25, -0.2) is 0 Å². The highest BCUT2D eigenvalue weighted by Crippen LogP contribution is 2.24. The molecule has 0 aromatic carbocycles. The van der Waals surface area contributed by atoms with Gasteiger partial charge in [-0.2, -0.15) is 5.10 Å². The fraction of sp³-hybridized carbons (Fsp3) is 0.471. The minimum Gasteiger partial charge on any atom is -0.369 e. The minimum absolute atomic E-state index is 0.0582. The average Bonchev–Trinajstić information content (AvgIpc) is 2.97. The van der Waals surface area contributed by atoms with Gasteiger partial charge in [0.1, 0.15) is 11.8 Å². The molecule has 134 valence electrons. The zero-order valence-corrected chi connectivity index (χ0v) is 15.1. The first-order chi connectivity index (χ1) is 12.1. The molecule has 1 atom stereocenters. The number of carbonyl (C=O) groups excluding carboxylic acids is 1. The number of anilines is 1. The van der Waals surface area contributed by atoms with Crippen molar-refractivity contribution in [3.8, 4) is 0 Å². The minimum atomic E-state index is -0.329. The summed E-state index contributed by atoms with van der Waals surface area (Å²) < 4.78 is 5.73. The van der Waals surface area contributed by atoms with Crippen molar-refractivity contribution in [2.75, 3.05) is 25.0 Å². The van der Waals surface area contributed by atoms with E-state index < -0.39 is 0 Å². The Bertz CT molecular complexity index is 755. The van der Waals surface area contributed by atoms with Crippen molar-refractivity contribution in [1.29, 1.82) is 0 Å². The van der Waals surface area contributed by atoms with Crippen LogP contribution in [-0.2, 0) is 11.2 Å². The Morgan fingerprint density at radius 3 is 3.04 bits per heavy atom. The van der Waals surface area contributed by atoms with Gasteiger partial charge < -0.3 is 15.4 Å². The van der Waals surface area contributed by atoms with Gasteiger partial charge in [0, 0.05) is 13.1 Å².